The Morgan fingerprint density at radius 3 is 3.00 bits per heavy atom. The summed E-state index contributed by atoms with van der Waals surface area (Å²) in [6.45, 7) is 0.709. The molecule has 1 aliphatic heterocycles. The predicted molar refractivity (Wildman–Crippen MR) is 64.2 cm³/mol. The highest BCUT2D eigenvalue weighted by Gasteiger charge is 2.19. The third kappa shape index (κ3) is 1.60. The maximum absolute atomic E-state index is 5.60. The number of nitrogen functional groups attached to an aromatic ring is 1. The lowest BCUT2D eigenvalue weighted by Crippen LogP contribution is -1.91. The normalized spacial score (nSPS) is 13.2. The van der Waals surface area contributed by atoms with Gasteiger partial charge in [-0.15, -0.1) is 0 Å². The SMILES string of the molecule is COc1cc(-c2cc(N)n[nH]2)cc2c1OCC2. The fourth-order valence-corrected chi connectivity index (χ4v) is 2.06. The van der Waals surface area contributed by atoms with Crippen LogP contribution in [0.4, 0.5) is 5.82 Å². The third-order valence-corrected chi connectivity index (χ3v) is 2.88. The molecule has 0 atom stereocenters. The molecule has 2 heterocycles. The number of nitrogens with zero attached hydrogens (tertiary/aromatic N) is 1. The summed E-state index contributed by atoms with van der Waals surface area (Å²) in [5.74, 6) is 2.09. The van der Waals surface area contributed by atoms with Gasteiger partial charge in [-0.05, 0) is 12.1 Å². The van der Waals surface area contributed by atoms with Gasteiger partial charge in [-0.2, -0.15) is 5.10 Å². The number of hydrogen-bond acceptors (Lipinski definition) is 4. The van der Waals surface area contributed by atoms with E-state index in [-0.39, 0.29) is 0 Å². The number of rotatable bonds is 2. The highest BCUT2D eigenvalue weighted by molar-refractivity contribution is 5.68. The lowest BCUT2D eigenvalue weighted by Gasteiger charge is -2.08. The molecular formula is C12H13N3O2. The predicted octanol–water partition coefficient (Wildman–Crippen LogP) is 1.60. The molecule has 1 aromatic carbocycles. The largest absolute Gasteiger partial charge is 0.493 e. The second-order valence-electron chi connectivity index (χ2n) is 3.97. The molecule has 5 heteroatoms. The lowest BCUT2D eigenvalue weighted by atomic mass is 10.1. The standard InChI is InChI=1S/C12H13N3O2/c1-16-10-5-8(9-6-11(13)15-14-9)4-7-2-3-17-12(7)10/h4-6H,2-3H2,1H3,(H3,13,14,15). The summed E-state index contributed by atoms with van der Waals surface area (Å²) < 4.78 is 10.9. The molecule has 17 heavy (non-hydrogen) atoms. The fourth-order valence-electron chi connectivity index (χ4n) is 2.06. The van der Waals surface area contributed by atoms with Gasteiger partial charge in [0.2, 0.25) is 0 Å². The quantitative estimate of drug-likeness (QED) is 0.823. The highest BCUT2D eigenvalue weighted by Crippen LogP contribution is 2.39. The summed E-state index contributed by atoms with van der Waals surface area (Å²) in [6, 6.07) is 5.81. The molecular weight excluding hydrogens is 218 g/mol. The Bertz CT molecular complexity index is 563. The van der Waals surface area contributed by atoms with Gasteiger partial charge in [0.1, 0.15) is 5.82 Å². The van der Waals surface area contributed by atoms with Gasteiger partial charge in [-0.25, -0.2) is 0 Å². The van der Waals surface area contributed by atoms with Crippen molar-refractivity contribution in [1.29, 1.82) is 0 Å². The van der Waals surface area contributed by atoms with E-state index >= 15 is 0 Å². The molecule has 0 fully saturated rings. The van der Waals surface area contributed by atoms with Crippen LogP contribution in [0.3, 0.4) is 0 Å². The van der Waals surface area contributed by atoms with Crippen molar-refractivity contribution in [3.05, 3.63) is 23.8 Å². The Labute approximate surface area is 98.5 Å². The van der Waals surface area contributed by atoms with Crippen LogP contribution in [0, 0.1) is 0 Å². The van der Waals surface area contributed by atoms with Gasteiger partial charge in [0, 0.05) is 23.6 Å². The van der Waals surface area contributed by atoms with E-state index in [1.54, 1.807) is 13.2 Å². The second kappa shape index (κ2) is 3.69. The van der Waals surface area contributed by atoms with Crippen LogP contribution < -0.4 is 15.2 Å². The van der Waals surface area contributed by atoms with Crippen molar-refractivity contribution in [2.75, 3.05) is 19.5 Å². The van der Waals surface area contributed by atoms with E-state index in [9.17, 15) is 0 Å². The van der Waals surface area contributed by atoms with Crippen molar-refractivity contribution >= 4 is 5.82 Å². The van der Waals surface area contributed by atoms with Crippen LogP contribution in [0.1, 0.15) is 5.56 Å². The molecule has 0 amide bonds. The first-order valence-corrected chi connectivity index (χ1v) is 5.43. The number of hydrogen-bond donors (Lipinski definition) is 2. The zero-order valence-corrected chi connectivity index (χ0v) is 9.49. The summed E-state index contributed by atoms with van der Waals surface area (Å²) in [5, 5.41) is 6.82. The number of nitrogens with two attached hydrogens (primary N) is 1. The van der Waals surface area contributed by atoms with Crippen LogP contribution in [0.15, 0.2) is 18.2 Å². The zero-order valence-electron chi connectivity index (χ0n) is 9.49. The number of fused-ring (bicyclic) bond motifs is 1. The molecule has 0 spiro atoms. The number of aromatic amines is 1. The van der Waals surface area contributed by atoms with Gasteiger partial charge in [-0.3, -0.25) is 5.10 Å². The highest BCUT2D eigenvalue weighted by atomic mass is 16.5. The Morgan fingerprint density at radius 2 is 2.29 bits per heavy atom. The zero-order chi connectivity index (χ0) is 11.8. The Morgan fingerprint density at radius 1 is 1.41 bits per heavy atom. The van der Waals surface area contributed by atoms with Crippen molar-refractivity contribution in [2.24, 2.45) is 0 Å². The average Bonchev–Trinajstić information content (AvgIpc) is 2.95. The molecule has 88 valence electrons. The van der Waals surface area contributed by atoms with Gasteiger partial charge in [0.25, 0.3) is 0 Å². The van der Waals surface area contributed by atoms with Crippen molar-refractivity contribution in [3.8, 4) is 22.8 Å². The van der Waals surface area contributed by atoms with E-state index in [0.717, 1.165) is 34.7 Å². The van der Waals surface area contributed by atoms with Crippen LogP contribution in [-0.2, 0) is 6.42 Å². The Balaban J connectivity index is 2.12. The number of methoxy groups -OCH3 is 1. The Kier molecular flexibility index (Phi) is 2.18. The molecule has 5 nitrogen and oxygen atoms in total. The summed E-state index contributed by atoms with van der Waals surface area (Å²) in [4.78, 5) is 0. The third-order valence-electron chi connectivity index (χ3n) is 2.88. The van der Waals surface area contributed by atoms with Gasteiger partial charge in [0.05, 0.1) is 19.4 Å². The van der Waals surface area contributed by atoms with Crippen LogP contribution in [0.5, 0.6) is 11.5 Å². The molecule has 2 aromatic rings. The number of anilines is 1. The first kappa shape index (κ1) is 10.0. The number of nitrogens with one attached hydrogen (secondary N) is 1. The smallest absolute Gasteiger partial charge is 0.164 e. The Hall–Kier alpha value is -2.17. The van der Waals surface area contributed by atoms with Gasteiger partial charge >= 0.3 is 0 Å². The fraction of sp³-hybridized carbons (Fsp3) is 0.250. The molecule has 3 rings (SSSR count). The maximum atomic E-state index is 5.60. The second-order valence-corrected chi connectivity index (χ2v) is 3.97. The minimum absolute atomic E-state index is 0.482. The summed E-state index contributed by atoms with van der Waals surface area (Å²) in [7, 11) is 1.64. The molecule has 0 unspecified atom stereocenters. The van der Waals surface area contributed by atoms with Gasteiger partial charge in [0.15, 0.2) is 11.5 Å². The minimum atomic E-state index is 0.482. The van der Waals surface area contributed by atoms with Crippen LogP contribution in [-0.4, -0.2) is 23.9 Å². The van der Waals surface area contributed by atoms with Crippen molar-refractivity contribution < 1.29 is 9.47 Å². The topological polar surface area (TPSA) is 73.2 Å². The first-order chi connectivity index (χ1) is 8.28. The van der Waals surface area contributed by atoms with E-state index in [4.69, 9.17) is 15.2 Å². The van der Waals surface area contributed by atoms with Crippen molar-refractivity contribution in [2.45, 2.75) is 6.42 Å². The van der Waals surface area contributed by atoms with Crippen LogP contribution in [0.25, 0.3) is 11.3 Å². The van der Waals surface area contributed by atoms with E-state index in [1.165, 1.54) is 0 Å². The molecule has 1 aromatic heterocycles. The van der Waals surface area contributed by atoms with Crippen LogP contribution in [0.2, 0.25) is 0 Å². The summed E-state index contributed by atoms with van der Waals surface area (Å²) in [5.41, 5.74) is 8.65. The summed E-state index contributed by atoms with van der Waals surface area (Å²) in [6.07, 6.45) is 0.906. The van der Waals surface area contributed by atoms with Gasteiger partial charge in [-0.1, -0.05) is 0 Å². The minimum Gasteiger partial charge on any atom is -0.493 e. The van der Waals surface area contributed by atoms with E-state index in [0.29, 0.717) is 12.4 Å². The lowest BCUT2D eigenvalue weighted by molar-refractivity contribution is 0.326. The summed E-state index contributed by atoms with van der Waals surface area (Å²) >= 11 is 0. The molecule has 3 N–H and O–H groups in total. The first-order valence-electron chi connectivity index (χ1n) is 5.43. The number of ether oxygens (including phenoxy) is 2. The van der Waals surface area contributed by atoms with Crippen molar-refractivity contribution in [3.63, 3.8) is 0 Å². The van der Waals surface area contributed by atoms with E-state index < -0.39 is 0 Å². The van der Waals surface area contributed by atoms with Gasteiger partial charge < -0.3 is 15.2 Å². The molecule has 0 aliphatic carbocycles. The van der Waals surface area contributed by atoms with E-state index in [2.05, 4.69) is 16.3 Å². The number of H-pyrrole nitrogens is 1. The number of aromatic nitrogens is 2. The van der Waals surface area contributed by atoms with E-state index in [1.807, 2.05) is 6.07 Å². The molecule has 1 aliphatic rings. The molecule has 0 radical (unpaired) electrons. The van der Waals surface area contributed by atoms with Crippen LogP contribution >= 0.6 is 0 Å². The van der Waals surface area contributed by atoms with Crippen molar-refractivity contribution in [1.82, 2.24) is 10.2 Å². The molecule has 0 saturated heterocycles. The molecule has 0 saturated carbocycles. The average molecular weight is 231 g/mol. The number of benzene rings is 1. The monoisotopic (exact) mass is 231 g/mol. The molecule has 0 bridgehead atoms. The maximum Gasteiger partial charge on any atom is 0.164 e.